The van der Waals surface area contributed by atoms with Gasteiger partial charge in [0, 0.05) is 13.6 Å². The standard InChI is InChI=1S/C10H17NO/c1-8-3-5-10(6-4-8)7-11(2)9(10)12/h8H,3-7H2,1-2H3. The summed E-state index contributed by atoms with van der Waals surface area (Å²) in [6.45, 7) is 3.30. The number of carbonyl (C=O) groups excluding carboxylic acids is 1. The third-order valence-corrected chi connectivity index (χ3v) is 3.57. The van der Waals surface area contributed by atoms with Crippen molar-refractivity contribution in [1.82, 2.24) is 4.90 Å². The zero-order valence-electron chi connectivity index (χ0n) is 7.97. The van der Waals surface area contributed by atoms with Gasteiger partial charge in [-0.3, -0.25) is 4.79 Å². The SMILES string of the molecule is CC1CCC2(CC1)CN(C)C2=O. The van der Waals surface area contributed by atoms with Crippen molar-refractivity contribution in [1.29, 1.82) is 0 Å². The Bertz CT molecular complexity index is 204. The van der Waals surface area contributed by atoms with Crippen LogP contribution in [0.3, 0.4) is 0 Å². The molecule has 2 fully saturated rings. The lowest BCUT2D eigenvalue weighted by molar-refractivity contribution is -0.161. The molecule has 1 saturated carbocycles. The molecule has 0 aromatic carbocycles. The van der Waals surface area contributed by atoms with Gasteiger partial charge >= 0.3 is 0 Å². The summed E-state index contributed by atoms with van der Waals surface area (Å²) in [5.74, 6) is 1.24. The molecule has 0 radical (unpaired) electrons. The Balaban J connectivity index is 2.01. The lowest BCUT2D eigenvalue weighted by Crippen LogP contribution is -2.60. The summed E-state index contributed by atoms with van der Waals surface area (Å²) in [4.78, 5) is 13.4. The Hall–Kier alpha value is -0.530. The topological polar surface area (TPSA) is 20.3 Å². The highest BCUT2D eigenvalue weighted by Crippen LogP contribution is 2.45. The second kappa shape index (κ2) is 2.48. The van der Waals surface area contributed by atoms with E-state index in [0.717, 1.165) is 25.3 Å². The highest BCUT2D eigenvalue weighted by molar-refractivity contribution is 5.88. The fourth-order valence-electron chi connectivity index (χ4n) is 2.59. The molecule has 0 bridgehead atoms. The Labute approximate surface area is 73.9 Å². The molecule has 1 spiro atoms. The minimum Gasteiger partial charge on any atom is -0.344 e. The van der Waals surface area contributed by atoms with Gasteiger partial charge in [-0.05, 0) is 31.6 Å². The smallest absolute Gasteiger partial charge is 0.230 e. The second-order valence-electron chi connectivity index (χ2n) is 4.62. The van der Waals surface area contributed by atoms with Crippen molar-refractivity contribution in [3.8, 4) is 0 Å². The predicted molar refractivity (Wildman–Crippen MR) is 47.7 cm³/mol. The van der Waals surface area contributed by atoms with Gasteiger partial charge in [0.25, 0.3) is 0 Å². The van der Waals surface area contributed by atoms with Crippen molar-refractivity contribution in [2.45, 2.75) is 32.6 Å². The van der Waals surface area contributed by atoms with Gasteiger partial charge in [0.05, 0.1) is 5.41 Å². The maximum absolute atomic E-state index is 11.6. The molecule has 1 aliphatic carbocycles. The third-order valence-electron chi connectivity index (χ3n) is 3.57. The zero-order valence-corrected chi connectivity index (χ0v) is 7.97. The van der Waals surface area contributed by atoms with E-state index < -0.39 is 0 Å². The monoisotopic (exact) mass is 167 g/mol. The van der Waals surface area contributed by atoms with Gasteiger partial charge < -0.3 is 4.90 Å². The number of carbonyl (C=O) groups is 1. The van der Waals surface area contributed by atoms with E-state index in [1.165, 1.54) is 12.8 Å². The van der Waals surface area contributed by atoms with E-state index in [1.807, 2.05) is 11.9 Å². The quantitative estimate of drug-likeness (QED) is 0.502. The Morgan fingerprint density at radius 2 is 2.00 bits per heavy atom. The number of rotatable bonds is 0. The molecule has 2 heteroatoms. The summed E-state index contributed by atoms with van der Waals surface area (Å²) in [5, 5.41) is 0. The molecule has 68 valence electrons. The molecular formula is C10H17NO. The summed E-state index contributed by atoms with van der Waals surface area (Å²) in [7, 11) is 1.91. The van der Waals surface area contributed by atoms with Crippen LogP contribution in [0, 0.1) is 11.3 Å². The van der Waals surface area contributed by atoms with Crippen LogP contribution < -0.4 is 0 Å². The molecule has 2 rings (SSSR count). The first-order valence-electron chi connectivity index (χ1n) is 4.90. The molecule has 0 N–H and O–H groups in total. The van der Waals surface area contributed by atoms with Crippen LogP contribution in [0.1, 0.15) is 32.6 Å². The molecular weight excluding hydrogens is 150 g/mol. The summed E-state index contributed by atoms with van der Waals surface area (Å²) in [6, 6.07) is 0. The first kappa shape index (κ1) is 8.09. The number of hydrogen-bond acceptors (Lipinski definition) is 1. The van der Waals surface area contributed by atoms with Crippen molar-refractivity contribution in [3.05, 3.63) is 0 Å². The molecule has 2 aliphatic rings. The number of likely N-dealkylation sites (tertiary alicyclic amines) is 1. The predicted octanol–water partition coefficient (Wildman–Crippen LogP) is 1.65. The zero-order chi connectivity index (χ0) is 8.77. The lowest BCUT2D eigenvalue weighted by Gasteiger charge is -2.50. The van der Waals surface area contributed by atoms with Gasteiger partial charge in [-0.15, -0.1) is 0 Å². The van der Waals surface area contributed by atoms with Crippen LogP contribution in [-0.2, 0) is 4.79 Å². The molecule has 12 heavy (non-hydrogen) atoms. The summed E-state index contributed by atoms with van der Waals surface area (Å²) >= 11 is 0. The first-order valence-corrected chi connectivity index (χ1v) is 4.90. The van der Waals surface area contributed by atoms with Crippen molar-refractivity contribution in [2.75, 3.05) is 13.6 Å². The Kier molecular flexibility index (Phi) is 1.67. The van der Waals surface area contributed by atoms with Gasteiger partial charge in [-0.1, -0.05) is 6.92 Å². The minimum absolute atomic E-state index is 0.0985. The van der Waals surface area contributed by atoms with Crippen LogP contribution in [0.4, 0.5) is 0 Å². The van der Waals surface area contributed by atoms with E-state index >= 15 is 0 Å². The van der Waals surface area contributed by atoms with Crippen molar-refractivity contribution in [3.63, 3.8) is 0 Å². The van der Waals surface area contributed by atoms with E-state index in [2.05, 4.69) is 6.92 Å². The van der Waals surface area contributed by atoms with Crippen LogP contribution in [-0.4, -0.2) is 24.4 Å². The maximum Gasteiger partial charge on any atom is 0.230 e. The number of hydrogen-bond donors (Lipinski definition) is 0. The first-order chi connectivity index (χ1) is 5.64. The molecule has 2 nitrogen and oxygen atoms in total. The lowest BCUT2D eigenvalue weighted by atomic mass is 9.66. The van der Waals surface area contributed by atoms with Crippen LogP contribution in [0.5, 0.6) is 0 Å². The van der Waals surface area contributed by atoms with Crippen molar-refractivity contribution >= 4 is 5.91 Å². The number of amides is 1. The average molecular weight is 167 g/mol. The average Bonchev–Trinajstić information content (AvgIpc) is 2.09. The van der Waals surface area contributed by atoms with E-state index in [1.54, 1.807) is 0 Å². The largest absolute Gasteiger partial charge is 0.344 e. The summed E-state index contributed by atoms with van der Waals surface area (Å²) in [5.41, 5.74) is 0.0985. The van der Waals surface area contributed by atoms with Crippen molar-refractivity contribution < 1.29 is 4.79 Å². The van der Waals surface area contributed by atoms with Crippen molar-refractivity contribution in [2.24, 2.45) is 11.3 Å². The highest BCUT2D eigenvalue weighted by Gasteiger charge is 2.50. The molecule has 1 amide bonds. The third kappa shape index (κ3) is 0.970. The van der Waals surface area contributed by atoms with Crippen LogP contribution in [0.25, 0.3) is 0 Å². The van der Waals surface area contributed by atoms with E-state index in [9.17, 15) is 4.79 Å². The van der Waals surface area contributed by atoms with Gasteiger partial charge in [0.15, 0.2) is 0 Å². The van der Waals surface area contributed by atoms with Gasteiger partial charge in [0.2, 0.25) is 5.91 Å². The molecule has 0 aromatic heterocycles. The summed E-state index contributed by atoms with van der Waals surface area (Å²) in [6.07, 6.45) is 4.77. The van der Waals surface area contributed by atoms with Gasteiger partial charge in [-0.2, -0.15) is 0 Å². The normalized spacial score (nSPS) is 41.7. The maximum atomic E-state index is 11.6. The Morgan fingerprint density at radius 3 is 2.42 bits per heavy atom. The molecule has 1 aliphatic heterocycles. The van der Waals surface area contributed by atoms with Crippen LogP contribution >= 0.6 is 0 Å². The van der Waals surface area contributed by atoms with Gasteiger partial charge in [-0.25, -0.2) is 0 Å². The molecule has 1 heterocycles. The molecule has 0 aromatic rings. The fourth-order valence-corrected chi connectivity index (χ4v) is 2.59. The van der Waals surface area contributed by atoms with Gasteiger partial charge in [0.1, 0.15) is 0 Å². The second-order valence-corrected chi connectivity index (χ2v) is 4.62. The highest BCUT2D eigenvalue weighted by atomic mass is 16.2. The molecule has 1 saturated heterocycles. The number of β-lactam (4-membered cyclic amide) rings is 1. The van der Waals surface area contributed by atoms with Crippen LogP contribution in [0.15, 0.2) is 0 Å². The molecule has 0 atom stereocenters. The van der Waals surface area contributed by atoms with Crippen LogP contribution in [0.2, 0.25) is 0 Å². The fraction of sp³-hybridized carbons (Fsp3) is 0.900. The minimum atomic E-state index is 0.0985. The van der Waals surface area contributed by atoms with E-state index in [-0.39, 0.29) is 5.41 Å². The number of nitrogens with zero attached hydrogens (tertiary/aromatic N) is 1. The summed E-state index contributed by atoms with van der Waals surface area (Å²) < 4.78 is 0. The Morgan fingerprint density at radius 1 is 1.42 bits per heavy atom. The molecule has 0 unspecified atom stereocenters. The van der Waals surface area contributed by atoms with E-state index in [4.69, 9.17) is 0 Å². The van der Waals surface area contributed by atoms with E-state index in [0.29, 0.717) is 5.91 Å².